The van der Waals surface area contributed by atoms with Gasteiger partial charge in [-0.2, -0.15) is 0 Å². The summed E-state index contributed by atoms with van der Waals surface area (Å²) in [6, 6.07) is 0. The van der Waals surface area contributed by atoms with Crippen molar-refractivity contribution in [2.75, 3.05) is 6.26 Å². The summed E-state index contributed by atoms with van der Waals surface area (Å²) in [6.07, 6.45) is 6.69. The van der Waals surface area contributed by atoms with E-state index in [4.69, 9.17) is 0 Å². The number of allylic oxidation sites excluding steroid dienone is 1. The molecule has 3 nitrogen and oxygen atoms in total. The molecule has 0 aromatic heterocycles. The molecule has 0 aliphatic carbocycles. The Morgan fingerprint density at radius 3 is 2.31 bits per heavy atom. The third kappa shape index (κ3) is 4.66. The molecule has 0 amide bonds. The monoisotopic (exact) mass is 248 g/mol. The molecule has 0 aliphatic rings. The van der Waals surface area contributed by atoms with Gasteiger partial charge in [-0.15, -0.1) is 6.58 Å². The normalized spacial score (nSPS) is 14.8. The second-order valence-electron chi connectivity index (χ2n) is 4.82. The summed E-state index contributed by atoms with van der Waals surface area (Å²) in [7, 11) is -3.22. The molecule has 1 unspecified atom stereocenters. The molecule has 1 atom stereocenters. The lowest BCUT2D eigenvalue weighted by Crippen LogP contribution is -2.43. The van der Waals surface area contributed by atoms with Crippen LogP contribution in [0.4, 0.5) is 0 Å². The van der Waals surface area contributed by atoms with Gasteiger partial charge in [-0.3, -0.25) is 0 Å². The molecular formula is C12H24O3S. The second kappa shape index (κ2) is 6.40. The Morgan fingerprint density at radius 1 is 1.31 bits per heavy atom. The zero-order valence-corrected chi connectivity index (χ0v) is 11.4. The first-order chi connectivity index (χ1) is 7.23. The summed E-state index contributed by atoms with van der Waals surface area (Å²) in [5, 5.41) is 9.87. The van der Waals surface area contributed by atoms with E-state index in [0.29, 0.717) is 6.42 Å². The highest BCUT2D eigenvalue weighted by molar-refractivity contribution is 7.92. The van der Waals surface area contributed by atoms with Crippen LogP contribution in [0.1, 0.15) is 46.0 Å². The lowest BCUT2D eigenvalue weighted by Gasteiger charge is -2.28. The van der Waals surface area contributed by atoms with Crippen LogP contribution < -0.4 is 0 Å². The summed E-state index contributed by atoms with van der Waals surface area (Å²) >= 11 is 0. The smallest absolute Gasteiger partial charge is 0.155 e. The van der Waals surface area contributed by atoms with E-state index in [9.17, 15) is 13.5 Å². The Hall–Kier alpha value is -0.350. The van der Waals surface area contributed by atoms with Gasteiger partial charge in [-0.1, -0.05) is 18.9 Å². The van der Waals surface area contributed by atoms with E-state index < -0.39 is 20.7 Å². The molecule has 0 spiro atoms. The number of unbranched alkanes of at least 4 members (excludes halogenated alkanes) is 3. The summed E-state index contributed by atoms with van der Waals surface area (Å²) in [5.74, 6) is 0. The topological polar surface area (TPSA) is 54.4 Å². The molecule has 0 heterocycles. The van der Waals surface area contributed by atoms with E-state index in [2.05, 4.69) is 6.58 Å². The van der Waals surface area contributed by atoms with Crippen LogP contribution in [-0.2, 0) is 9.84 Å². The molecule has 0 rings (SSSR count). The zero-order valence-electron chi connectivity index (χ0n) is 10.6. The highest BCUT2D eigenvalue weighted by Crippen LogP contribution is 2.24. The van der Waals surface area contributed by atoms with Gasteiger partial charge in [-0.25, -0.2) is 8.42 Å². The van der Waals surface area contributed by atoms with Crippen molar-refractivity contribution in [3.05, 3.63) is 12.7 Å². The number of hydrogen-bond acceptors (Lipinski definition) is 3. The molecule has 96 valence electrons. The van der Waals surface area contributed by atoms with Gasteiger partial charge in [0.05, 0.1) is 10.9 Å². The SMILES string of the molecule is C=CCCCCCC(O)C(C)(C)S(C)(=O)=O. The van der Waals surface area contributed by atoms with Gasteiger partial charge >= 0.3 is 0 Å². The Kier molecular flexibility index (Phi) is 6.26. The maximum atomic E-state index is 11.5. The molecule has 0 fully saturated rings. The Morgan fingerprint density at radius 2 is 1.88 bits per heavy atom. The van der Waals surface area contributed by atoms with Gasteiger partial charge in [-0.05, 0) is 33.1 Å². The predicted molar refractivity (Wildman–Crippen MR) is 68.2 cm³/mol. The third-order valence-corrected chi connectivity index (χ3v) is 5.33. The summed E-state index contributed by atoms with van der Waals surface area (Å²) in [6.45, 7) is 6.80. The maximum absolute atomic E-state index is 11.5. The van der Waals surface area contributed by atoms with Crippen LogP contribution >= 0.6 is 0 Å². The van der Waals surface area contributed by atoms with E-state index in [1.165, 1.54) is 6.26 Å². The fourth-order valence-electron chi connectivity index (χ4n) is 1.40. The van der Waals surface area contributed by atoms with Crippen LogP contribution in [0.25, 0.3) is 0 Å². The first-order valence-electron chi connectivity index (χ1n) is 5.72. The third-order valence-electron chi connectivity index (χ3n) is 3.14. The largest absolute Gasteiger partial charge is 0.392 e. The molecule has 1 N–H and O–H groups in total. The molecule has 0 aliphatic heterocycles. The highest BCUT2D eigenvalue weighted by Gasteiger charge is 2.37. The first kappa shape index (κ1) is 15.7. The number of hydrogen-bond donors (Lipinski definition) is 1. The average molecular weight is 248 g/mol. The van der Waals surface area contributed by atoms with E-state index in [1.54, 1.807) is 13.8 Å². The fourth-order valence-corrected chi connectivity index (χ4v) is 2.01. The van der Waals surface area contributed by atoms with Crippen LogP contribution in [0, 0.1) is 0 Å². The van der Waals surface area contributed by atoms with Crippen molar-refractivity contribution < 1.29 is 13.5 Å². The lowest BCUT2D eigenvalue weighted by molar-refractivity contribution is 0.125. The van der Waals surface area contributed by atoms with Crippen molar-refractivity contribution in [3.8, 4) is 0 Å². The van der Waals surface area contributed by atoms with Crippen molar-refractivity contribution >= 4 is 9.84 Å². The van der Waals surface area contributed by atoms with Gasteiger partial charge in [0, 0.05) is 6.26 Å². The van der Waals surface area contributed by atoms with Crippen molar-refractivity contribution in [3.63, 3.8) is 0 Å². The molecule has 0 saturated carbocycles. The van der Waals surface area contributed by atoms with Crippen LogP contribution in [0.5, 0.6) is 0 Å². The second-order valence-corrected chi connectivity index (χ2v) is 7.41. The predicted octanol–water partition coefficient (Wildman–Crippen LogP) is 2.31. The quantitative estimate of drug-likeness (QED) is 0.530. The van der Waals surface area contributed by atoms with Gasteiger partial charge in [0.25, 0.3) is 0 Å². The van der Waals surface area contributed by atoms with Crippen molar-refractivity contribution in [1.82, 2.24) is 0 Å². The van der Waals surface area contributed by atoms with Gasteiger partial charge < -0.3 is 5.11 Å². The highest BCUT2D eigenvalue weighted by atomic mass is 32.2. The molecule has 0 bridgehead atoms. The van der Waals surface area contributed by atoms with Crippen molar-refractivity contribution in [1.29, 1.82) is 0 Å². The summed E-state index contributed by atoms with van der Waals surface area (Å²) < 4.78 is 21.9. The summed E-state index contributed by atoms with van der Waals surface area (Å²) in [5.41, 5.74) is 0. The van der Waals surface area contributed by atoms with Gasteiger partial charge in [0.1, 0.15) is 0 Å². The minimum Gasteiger partial charge on any atom is -0.392 e. The number of rotatable bonds is 8. The molecule has 0 aromatic rings. The minimum atomic E-state index is -3.22. The molecule has 0 saturated heterocycles. The van der Waals surface area contributed by atoms with Crippen molar-refractivity contribution in [2.45, 2.75) is 56.8 Å². The van der Waals surface area contributed by atoms with E-state index >= 15 is 0 Å². The number of aliphatic hydroxyl groups is 1. The molecule has 4 heteroatoms. The fraction of sp³-hybridized carbons (Fsp3) is 0.833. The minimum absolute atomic E-state index is 0.539. The molecule has 0 aromatic carbocycles. The Bertz CT molecular complexity index is 304. The average Bonchev–Trinajstić information content (AvgIpc) is 2.15. The van der Waals surface area contributed by atoms with E-state index in [0.717, 1.165) is 25.7 Å². The zero-order chi connectivity index (χ0) is 12.8. The first-order valence-corrected chi connectivity index (χ1v) is 7.61. The van der Waals surface area contributed by atoms with Crippen LogP contribution in [-0.4, -0.2) is 30.6 Å². The van der Waals surface area contributed by atoms with Crippen LogP contribution in [0.2, 0.25) is 0 Å². The molecule has 0 radical (unpaired) electrons. The van der Waals surface area contributed by atoms with Crippen LogP contribution in [0.15, 0.2) is 12.7 Å². The maximum Gasteiger partial charge on any atom is 0.155 e. The Labute approximate surface area is 99.5 Å². The molecular weight excluding hydrogens is 224 g/mol. The van der Waals surface area contributed by atoms with E-state index in [1.807, 2.05) is 6.08 Å². The van der Waals surface area contributed by atoms with Crippen molar-refractivity contribution in [2.24, 2.45) is 0 Å². The van der Waals surface area contributed by atoms with Gasteiger partial charge in [0.15, 0.2) is 9.84 Å². The standard InChI is InChI=1S/C12H24O3S/c1-5-6-7-8-9-10-11(13)12(2,3)16(4,14)15/h5,11,13H,1,6-10H2,2-4H3. The lowest BCUT2D eigenvalue weighted by atomic mass is 9.99. The molecule has 16 heavy (non-hydrogen) atoms. The Balaban J connectivity index is 4.06. The van der Waals surface area contributed by atoms with Crippen LogP contribution in [0.3, 0.4) is 0 Å². The number of sulfone groups is 1. The van der Waals surface area contributed by atoms with Gasteiger partial charge in [0.2, 0.25) is 0 Å². The number of aliphatic hydroxyl groups excluding tert-OH is 1. The van der Waals surface area contributed by atoms with E-state index in [-0.39, 0.29) is 0 Å². The summed E-state index contributed by atoms with van der Waals surface area (Å²) in [4.78, 5) is 0.